The Balaban J connectivity index is 1.39. The summed E-state index contributed by atoms with van der Waals surface area (Å²) in [5.41, 5.74) is 5.73. The van der Waals surface area contributed by atoms with Crippen LogP contribution < -0.4 is 4.74 Å². The molecule has 0 amide bonds. The van der Waals surface area contributed by atoms with E-state index in [1.165, 1.54) is 5.56 Å². The molecule has 144 valence electrons. The summed E-state index contributed by atoms with van der Waals surface area (Å²) in [6.45, 7) is 0.739. The largest absolute Gasteiger partial charge is 0.493 e. The van der Waals surface area contributed by atoms with Gasteiger partial charge in [-0.1, -0.05) is 29.8 Å². The highest BCUT2D eigenvalue weighted by Gasteiger charge is 2.15. The van der Waals surface area contributed by atoms with E-state index in [-0.39, 0.29) is 5.78 Å². The van der Waals surface area contributed by atoms with Gasteiger partial charge in [0, 0.05) is 29.1 Å². The molecule has 29 heavy (non-hydrogen) atoms. The zero-order valence-corrected chi connectivity index (χ0v) is 16.5. The Morgan fingerprint density at radius 1 is 1.10 bits per heavy atom. The molecule has 0 aliphatic carbocycles. The number of aryl methyl sites for hydroxylation is 1. The van der Waals surface area contributed by atoms with Gasteiger partial charge in [0.25, 0.3) is 0 Å². The number of aromatic nitrogens is 2. The highest BCUT2D eigenvalue weighted by atomic mass is 35.5. The number of imidazole rings is 1. The summed E-state index contributed by atoms with van der Waals surface area (Å²) >= 11 is 6.20. The highest BCUT2D eigenvalue weighted by Crippen LogP contribution is 2.29. The fourth-order valence-corrected chi connectivity index (χ4v) is 4.04. The first-order valence-corrected chi connectivity index (χ1v) is 10.1. The van der Waals surface area contributed by atoms with Crippen molar-refractivity contribution in [3.63, 3.8) is 0 Å². The van der Waals surface area contributed by atoms with E-state index < -0.39 is 0 Å². The molecular formula is C24H19ClN2O2. The molecule has 0 N–H and O–H groups in total. The van der Waals surface area contributed by atoms with Crippen molar-refractivity contribution in [2.75, 3.05) is 6.61 Å². The molecule has 0 radical (unpaired) electrons. The Kier molecular flexibility index (Phi) is 4.57. The van der Waals surface area contributed by atoms with Gasteiger partial charge in [-0.3, -0.25) is 9.36 Å². The van der Waals surface area contributed by atoms with E-state index in [0.29, 0.717) is 23.4 Å². The maximum absolute atomic E-state index is 12.7. The average molecular weight is 403 g/mol. The minimum Gasteiger partial charge on any atom is -0.493 e. The fraction of sp³-hybridized carbons (Fsp3) is 0.167. The van der Waals surface area contributed by atoms with E-state index in [4.69, 9.17) is 16.3 Å². The molecule has 4 nitrogen and oxygen atoms in total. The third-order valence-corrected chi connectivity index (χ3v) is 5.77. The molecule has 0 spiro atoms. The van der Waals surface area contributed by atoms with Gasteiger partial charge in [0.05, 0.1) is 17.6 Å². The standard InChI is InChI=1S/C24H19ClN2O2/c25-20-4-2-1-3-16(20)6-9-23(28)17-5-8-22-21(14-17)26-15-27(22)19-7-10-24-18(13-19)11-12-29-24/h1-5,7-8,10,13-15H,6,9,11-12H2. The molecule has 0 unspecified atom stereocenters. The van der Waals surface area contributed by atoms with Crippen molar-refractivity contribution >= 4 is 28.4 Å². The van der Waals surface area contributed by atoms with Crippen LogP contribution in [0.1, 0.15) is 27.9 Å². The summed E-state index contributed by atoms with van der Waals surface area (Å²) in [7, 11) is 0. The fourth-order valence-electron chi connectivity index (χ4n) is 3.81. The molecule has 0 bridgehead atoms. The smallest absolute Gasteiger partial charge is 0.163 e. The van der Waals surface area contributed by atoms with Crippen molar-refractivity contribution in [1.29, 1.82) is 0 Å². The number of carbonyl (C=O) groups is 1. The summed E-state index contributed by atoms with van der Waals surface area (Å²) in [4.78, 5) is 17.2. The number of hydrogen-bond acceptors (Lipinski definition) is 3. The maximum atomic E-state index is 12.7. The van der Waals surface area contributed by atoms with Crippen LogP contribution in [0.25, 0.3) is 16.7 Å². The van der Waals surface area contributed by atoms with E-state index in [1.807, 2.05) is 59.2 Å². The second kappa shape index (κ2) is 7.37. The number of benzene rings is 3. The van der Waals surface area contributed by atoms with E-state index in [2.05, 4.69) is 11.1 Å². The van der Waals surface area contributed by atoms with Crippen molar-refractivity contribution in [2.45, 2.75) is 19.3 Å². The third-order valence-electron chi connectivity index (χ3n) is 5.40. The van der Waals surface area contributed by atoms with Crippen LogP contribution in [0.15, 0.2) is 67.0 Å². The second-order valence-corrected chi connectivity index (χ2v) is 7.63. The van der Waals surface area contributed by atoms with Crippen molar-refractivity contribution in [2.24, 2.45) is 0 Å². The number of halogens is 1. The van der Waals surface area contributed by atoms with Gasteiger partial charge in [0.2, 0.25) is 0 Å². The monoisotopic (exact) mass is 402 g/mol. The summed E-state index contributed by atoms with van der Waals surface area (Å²) in [5, 5.41) is 0.703. The number of ketones is 1. The Morgan fingerprint density at radius 3 is 2.90 bits per heavy atom. The molecule has 5 rings (SSSR count). The predicted molar refractivity (Wildman–Crippen MR) is 114 cm³/mol. The molecule has 3 aromatic carbocycles. The maximum Gasteiger partial charge on any atom is 0.163 e. The molecular weight excluding hydrogens is 384 g/mol. The van der Waals surface area contributed by atoms with Crippen LogP contribution in [-0.2, 0) is 12.8 Å². The highest BCUT2D eigenvalue weighted by molar-refractivity contribution is 6.31. The SMILES string of the molecule is O=C(CCc1ccccc1Cl)c1ccc2c(c1)ncn2-c1ccc2c(c1)CCO2. The first-order valence-electron chi connectivity index (χ1n) is 9.69. The molecule has 2 heterocycles. The lowest BCUT2D eigenvalue weighted by molar-refractivity contribution is 0.0983. The Labute approximate surface area is 173 Å². The molecule has 0 fully saturated rings. The van der Waals surface area contributed by atoms with E-state index in [1.54, 1.807) is 6.33 Å². The number of Topliss-reactive ketones (excluding diaryl/α,β-unsaturated/α-hetero) is 1. The van der Waals surface area contributed by atoms with Gasteiger partial charge >= 0.3 is 0 Å². The predicted octanol–water partition coefficient (Wildman–Crippen LogP) is 5.43. The number of carbonyl (C=O) groups excluding carboxylic acids is 1. The molecule has 0 saturated carbocycles. The first kappa shape index (κ1) is 18.0. The van der Waals surface area contributed by atoms with Gasteiger partial charge in [-0.05, 0) is 60.0 Å². The minimum absolute atomic E-state index is 0.0936. The van der Waals surface area contributed by atoms with Crippen molar-refractivity contribution in [1.82, 2.24) is 9.55 Å². The normalized spacial score (nSPS) is 12.7. The van der Waals surface area contributed by atoms with Crippen LogP contribution in [0.4, 0.5) is 0 Å². The van der Waals surface area contributed by atoms with Gasteiger partial charge in [-0.2, -0.15) is 0 Å². The molecule has 5 heteroatoms. The van der Waals surface area contributed by atoms with Crippen molar-refractivity contribution < 1.29 is 9.53 Å². The number of nitrogens with zero attached hydrogens (tertiary/aromatic N) is 2. The number of fused-ring (bicyclic) bond motifs is 2. The third kappa shape index (κ3) is 3.40. The van der Waals surface area contributed by atoms with Crippen LogP contribution in [0.2, 0.25) is 5.02 Å². The zero-order valence-electron chi connectivity index (χ0n) is 15.8. The summed E-state index contributed by atoms with van der Waals surface area (Å²) < 4.78 is 7.64. The average Bonchev–Trinajstić information content (AvgIpc) is 3.38. The molecule has 1 aliphatic rings. The molecule has 1 aliphatic heterocycles. The first-order chi connectivity index (χ1) is 14.2. The van der Waals surface area contributed by atoms with Gasteiger partial charge in [0.1, 0.15) is 12.1 Å². The van der Waals surface area contributed by atoms with Gasteiger partial charge in [-0.25, -0.2) is 4.98 Å². The topological polar surface area (TPSA) is 44.1 Å². The van der Waals surface area contributed by atoms with Gasteiger partial charge < -0.3 is 4.74 Å². The number of hydrogen-bond donors (Lipinski definition) is 0. The minimum atomic E-state index is 0.0936. The molecule has 0 saturated heterocycles. The van der Waals surface area contributed by atoms with Crippen LogP contribution >= 0.6 is 11.6 Å². The van der Waals surface area contributed by atoms with E-state index in [0.717, 1.165) is 41.1 Å². The summed E-state index contributed by atoms with van der Waals surface area (Å²) in [6, 6.07) is 19.6. The van der Waals surface area contributed by atoms with Crippen LogP contribution in [0, 0.1) is 0 Å². The van der Waals surface area contributed by atoms with Gasteiger partial charge in [-0.15, -0.1) is 0 Å². The molecule has 4 aromatic rings. The van der Waals surface area contributed by atoms with E-state index >= 15 is 0 Å². The van der Waals surface area contributed by atoms with Crippen LogP contribution in [0.3, 0.4) is 0 Å². The van der Waals surface area contributed by atoms with Crippen LogP contribution in [0.5, 0.6) is 5.75 Å². The number of rotatable bonds is 5. The van der Waals surface area contributed by atoms with Crippen molar-refractivity contribution in [3.05, 3.63) is 88.7 Å². The lowest BCUT2D eigenvalue weighted by Crippen LogP contribution is -2.02. The molecule has 1 aromatic heterocycles. The summed E-state index contributed by atoms with van der Waals surface area (Å²) in [6.07, 6.45) is 3.78. The van der Waals surface area contributed by atoms with E-state index in [9.17, 15) is 4.79 Å². The summed E-state index contributed by atoms with van der Waals surface area (Å²) in [5.74, 6) is 1.06. The molecule has 0 atom stereocenters. The second-order valence-electron chi connectivity index (χ2n) is 7.22. The Bertz CT molecular complexity index is 1230. The lowest BCUT2D eigenvalue weighted by atomic mass is 10.0. The van der Waals surface area contributed by atoms with Crippen LogP contribution in [-0.4, -0.2) is 21.9 Å². The number of ether oxygens (including phenoxy) is 1. The van der Waals surface area contributed by atoms with Crippen molar-refractivity contribution in [3.8, 4) is 11.4 Å². The zero-order chi connectivity index (χ0) is 19.8. The Morgan fingerprint density at radius 2 is 2.00 bits per heavy atom. The quantitative estimate of drug-likeness (QED) is 0.418. The Hall–Kier alpha value is -3.11. The van der Waals surface area contributed by atoms with Gasteiger partial charge in [0.15, 0.2) is 5.78 Å². The lowest BCUT2D eigenvalue weighted by Gasteiger charge is -2.07.